The topological polar surface area (TPSA) is 74.6 Å². The molecule has 134 valence electrons. The van der Waals surface area contributed by atoms with E-state index in [1.54, 1.807) is 36.4 Å². The molecule has 0 aliphatic rings. The minimum absolute atomic E-state index is 0.197. The molecule has 2 aromatic rings. The molecule has 0 atom stereocenters. The second-order valence-corrected chi connectivity index (χ2v) is 7.02. The Kier molecular flexibility index (Phi) is 7.37. The van der Waals surface area contributed by atoms with E-state index in [1.165, 1.54) is 18.6 Å². The van der Waals surface area contributed by atoms with Crippen molar-refractivity contribution in [3.8, 4) is 0 Å². The monoisotopic (exact) mass is 342 g/mol. The fraction of sp³-hybridized carbons (Fsp3) is 0.333. The third kappa shape index (κ3) is 6.79. The SMILES string of the molecule is CCC(C)(C)C.O=C(O)c1ccccc1Cc1ccccc1C(=O)O. The summed E-state index contributed by atoms with van der Waals surface area (Å²) in [5, 5.41) is 18.2. The highest BCUT2D eigenvalue weighted by Crippen LogP contribution is 2.18. The van der Waals surface area contributed by atoms with Gasteiger partial charge in [-0.15, -0.1) is 0 Å². The highest BCUT2D eigenvalue weighted by molar-refractivity contribution is 5.91. The van der Waals surface area contributed by atoms with Crippen LogP contribution in [-0.4, -0.2) is 22.2 Å². The Balaban J connectivity index is 0.000000450. The van der Waals surface area contributed by atoms with Crippen LogP contribution in [0.15, 0.2) is 48.5 Å². The van der Waals surface area contributed by atoms with Gasteiger partial charge >= 0.3 is 11.9 Å². The molecular weight excluding hydrogens is 316 g/mol. The fourth-order valence-electron chi connectivity index (χ4n) is 1.97. The van der Waals surface area contributed by atoms with E-state index < -0.39 is 11.9 Å². The minimum atomic E-state index is -1.01. The van der Waals surface area contributed by atoms with E-state index in [9.17, 15) is 9.59 Å². The Morgan fingerprint density at radius 3 is 1.40 bits per heavy atom. The zero-order valence-corrected chi connectivity index (χ0v) is 15.2. The van der Waals surface area contributed by atoms with Crippen molar-refractivity contribution in [1.82, 2.24) is 0 Å². The second kappa shape index (κ2) is 9.02. The number of carboxylic acid groups (broad SMARTS) is 2. The maximum Gasteiger partial charge on any atom is 0.335 e. The molecule has 0 saturated carbocycles. The molecule has 0 spiro atoms. The van der Waals surface area contributed by atoms with Crippen LogP contribution in [0, 0.1) is 5.41 Å². The van der Waals surface area contributed by atoms with Gasteiger partial charge in [0.25, 0.3) is 0 Å². The van der Waals surface area contributed by atoms with Crippen LogP contribution in [0.4, 0.5) is 0 Å². The maximum absolute atomic E-state index is 11.1. The van der Waals surface area contributed by atoms with E-state index in [0.29, 0.717) is 16.5 Å². The van der Waals surface area contributed by atoms with E-state index in [0.717, 1.165) is 0 Å². The molecule has 0 fully saturated rings. The summed E-state index contributed by atoms with van der Waals surface area (Å²) in [5.74, 6) is -2.02. The summed E-state index contributed by atoms with van der Waals surface area (Å²) in [7, 11) is 0. The lowest BCUT2D eigenvalue weighted by Crippen LogP contribution is -2.06. The van der Waals surface area contributed by atoms with Crippen LogP contribution in [0.2, 0.25) is 0 Å². The van der Waals surface area contributed by atoms with Gasteiger partial charge in [-0.25, -0.2) is 9.59 Å². The summed E-state index contributed by atoms with van der Waals surface area (Å²) < 4.78 is 0. The highest BCUT2D eigenvalue weighted by Gasteiger charge is 2.13. The zero-order chi connectivity index (χ0) is 19.0. The number of carboxylic acids is 2. The quantitative estimate of drug-likeness (QED) is 0.809. The van der Waals surface area contributed by atoms with Crippen molar-refractivity contribution in [2.45, 2.75) is 40.5 Å². The van der Waals surface area contributed by atoms with Gasteiger partial charge in [0.2, 0.25) is 0 Å². The van der Waals surface area contributed by atoms with Gasteiger partial charge < -0.3 is 10.2 Å². The van der Waals surface area contributed by atoms with E-state index in [1.807, 2.05) is 0 Å². The van der Waals surface area contributed by atoms with Gasteiger partial charge in [0.15, 0.2) is 0 Å². The lowest BCUT2D eigenvalue weighted by atomic mass is 9.94. The van der Waals surface area contributed by atoms with Gasteiger partial charge in [-0.2, -0.15) is 0 Å². The first-order valence-electron chi connectivity index (χ1n) is 8.28. The largest absolute Gasteiger partial charge is 0.478 e. The molecular formula is C21H26O4. The van der Waals surface area contributed by atoms with Crippen LogP contribution < -0.4 is 0 Å². The molecule has 0 bridgehead atoms. The molecule has 0 heterocycles. The van der Waals surface area contributed by atoms with Crippen molar-refractivity contribution in [2.24, 2.45) is 5.41 Å². The van der Waals surface area contributed by atoms with E-state index in [4.69, 9.17) is 10.2 Å². The number of rotatable bonds is 4. The number of hydrogen-bond donors (Lipinski definition) is 2. The van der Waals surface area contributed by atoms with Gasteiger partial charge in [0, 0.05) is 0 Å². The molecule has 4 heteroatoms. The van der Waals surface area contributed by atoms with Gasteiger partial charge in [0.1, 0.15) is 0 Å². The molecule has 2 aromatic carbocycles. The Labute approximate surface area is 149 Å². The Morgan fingerprint density at radius 1 is 0.800 bits per heavy atom. The van der Waals surface area contributed by atoms with Crippen LogP contribution in [-0.2, 0) is 6.42 Å². The van der Waals surface area contributed by atoms with Crippen LogP contribution in [0.25, 0.3) is 0 Å². The molecule has 2 rings (SSSR count). The summed E-state index contributed by atoms with van der Waals surface area (Å²) in [4.78, 5) is 22.2. The summed E-state index contributed by atoms with van der Waals surface area (Å²) in [6, 6.07) is 13.2. The first kappa shape index (κ1) is 20.4. The van der Waals surface area contributed by atoms with Gasteiger partial charge in [-0.1, -0.05) is 70.5 Å². The van der Waals surface area contributed by atoms with Crippen molar-refractivity contribution >= 4 is 11.9 Å². The molecule has 25 heavy (non-hydrogen) atoms. The zero-order valence-electron chi connectivity index (χ0n) is 15.2. The summed E-state index contributed by atoms with van der Waals surface area (Å²) >= 11 is 0. The Bertz CT molecular complexity index is 671. The van der Waals surface area contributed by atoms with Crippen molar-refractivity contribution in [3.63, 3.8) is 0 Å². The molecule has 0 unspecified atom stereocenters. The average molecular weight is 342 g/mol. The van der Waals surface area contributed by atoms with Crippen LogP contribution in [0.1, 0.15) is 66.0 Å². The fourth-order valence-corrected chi connectivity index (χ4v) is 1.97. The lowest BCUT2D eigenvalue weighted by Gasteiger charge is -2.12. The van der Waals surface area contributed by atoms with Crippen molar-refractivity contribution in [2.75, 3.05) is 0 Å². The molecule has 0 amide bonds. The molecule has 2 N–H and O–H groups in total. The predicted octanol–water partition coefficient (Wildman–Crippen LogP) is 5.12. The summed E-state index contributed by atoms with van der Waals surface area (Å²) in [6.45, 7) is 8.94. The molecule has 0 aliphatic carbocycles. The first-order valence-corrected chi connectivity index (χ1v) is 8.28. The number of benzene rings is 2. The Hall–Kier alpha value is -2.62. The first-order chi connectivity index (χ1) is 11.7. The smallest absolute Gasteiger partial charge is 0.335 e. The van der Waals surface area contributed by atoms with E-state index >= 15 is 0 Å². The molecule has 0 aromatic heterocycles. The molecule has 0 aliphatic heterocycles. The predicted molar refractivity (Wildman–Crippen MR) is 99.4 cm³/mol. The van der Waals surface area contributed by atoms with Crippen molar-refractivity contribution in [1.29, 1.82) is 0 Å². The third-order valence-corrected chi connectivity index (χ3v) is 3.94. The molecule has 0 saturated heterocycles. The van der Waals surface area contributed by atoms with Crippen LogP contribution in [0.3, 0.4) is 0 Å². The summed E-state index contributed by atoms with van der Waals surface area (Å²) in [5.41, 5.74) is 2.14. The van der Waals surface area contributed by atoms with Gasteiger partial charge in [-0.05, 0) is 35.1 Å². The highest BCUT2D eigenvalue weighted by atomic mass is 16.4. The van der Waals surface area contributed by atoms with Gasteiger partial charge in [-0.3, -0.25) is 0 Å². The van der Waals surface area contributed by atoms with Gasteiger partial charge in [0.05, 0.1) is 11.1 Å². The Morgan fingerprint density at radius 2 is 1.12 bits per heavy atom. The third-order valence-electron chi connectivity index (χ3n) is 3.94. The molecule has 0 radical (unpaired) electrons. The summed E-state index contributed by atoms with van der Waals surface area (Å²) in [6.07, 6.45) is 1.55. The number of aromatic carboxylic acids is 2. The number of carbonyl (C=O) groups is 2. The van der Waals surface area contributed by atoms with Crippen LogP contribution in [0.5, 0.6) is 0 Å². The normalized spacial score (nSPS) is 10.6. The maximum atomic E-state index is 11.1. The average Bonchev–Trinajstić information content (AvgIpc) is 2.55. The van der Waals surface area contributed by atoms with Crippen LogP contribution >= 0.6 is 0 Å². The van der Waals surface area contributed by atoms with E-state index in [2.05, 4.69) is 27.7 Å². The minimum Gasteiger partial charge on any atom is -0.478 e. The second-order valence-electron chi connectivity index (χ2n) is 7.02. The molecule has 4 nitrogen and oxygen atoms in total. The lowest BCUT2D eigenvalue weighted by molar-refractivity contribution is 0.0686. The van der Waals surface area contributed by atoms with E-state index in [-0.39, 0.29) is 17.5 Å². The number of hydrogen-bond acceptors (Lipinski definition) is 2. The standard InChI is InChI=1S/C15H12O4.C6H14/c16-14(17)12-7-3-1-5-10(12)9-11-6-2-4-8-13(11)15(18)19;1-5-6(2,3)4/h1-8H,9H2,(H,16,17)(H,18,19);5H2,1-4H3. The van der Waals surface area contributed by atoms with Crippen molar-refractivity contribution < 1.29 is 19.8 Å². The van der Waals surface area contributed by atoms with Crippen molar-refractivity contribution in [3.05, 3.63) is 70.8 Å².